The van der Waals surface area contributed by atoms with Gasteiger partial charge in [-0.25, -0.2) is 4.68 Å². The lowest BCUT2D eigenvalue weighted by molar-refractivity contribution is 0.0941. The van der Waals surface area contributed by atoms with Crippen molar-refractivity contribution in [2.75, 3.05) is 5.32 Å². The highest BCUT2D eigenvalue weighted by Crippen LogP contribution is 2.22. The van der Waals surface area contributed by atoms with Crippen LogP contribution in [-0.4, -0.2) is 21.6 Å². The molecule has 1 heterocycles. The van der Waals surface area contributed by atoms with E-state index in [2.05, 4.69) is 31.2 Å². The highest BCUT2D eigenvalue weighted by Gasteiger charge is 2.17. The van der Waals surface area contributed by atoms with E-state index in [0.717, 1.165) is 17.0 Å². The van der Waals surface area contributed by atoms with Crippen molar-refractivity contribution < 1.29 is 9.59 Å². The van der Waals surface area contributed by atoms with E-state index >= 15 is 0 Å². The molecule has 3 aromatic rings. The molecule has 3 rings (SSSR count). The second-order valence-electron chi connectivity index (χ2n) is 8.37. The number of amides is 1. The lowest BCUT2D eigenvalue weighted by atomic mass is 9.87. The quantitative estimate of drug-likeness (QED) is 0.682. The van der Waals surface area contributed by atoms with Crippen molar-refractivity contribution >= 4 is 17.5 Å². The van der Waals surface area contributed by atoms with E-state index in [9.17, 15) is 9.59 Å². The molecule has 29 heavy (non-hydrogen) atoms. The fourth-order valence-corrected chi connectivity index (χ4v) is 3.06. The number of rotatable bonds is 3. The van der Waals surface area contributed by atoms with Gasteiger partial charge in [-0.15, -0.1) is 0 Å². The summed E-state index contributed by atoms with van der Waals surface area (Å²) in [5.74, 6) is -0.368. The highest BCUT2D eigenvalue weighted by molar-refractivity contribution is 6.04. The minimum absolute atomic E-state index is 0.0430. The number of carbonyl (C=O) groups excluding carboxylic acids is 2. The Labute approximate surface area is 171 Å². The van der Waals surface area contributed by atoms with Gasteiger partial charge < -0.3 is 5.32 Å². The highest BCUT2D eigenvalue weighted by atomic mass is 16.2. The molecule has 0 aliphatic heterocycles. The van der Waals surface area contributed by atoms with Crippen LogP contribution in [0.25, 0.3) is 0 Å². The number of benzene rings is 2. The molecule has 150 valence electrons. The topological polar surface area (TPSA) is 64.0 Å². The van der Waals surface area contributed by atoms with Crippen LogP contribution in [0.5, 0.6) is 0 Å². The van der Waals surface area contributed by atoms with E-state index < -0.39 is 0 Å². The minimum Gasteiger partial charge on any atom is -0.322 e. The Morgan fingerprint density at radius 3 is 1.90 bits per heavy atom. The minimum atomic E-state index is -0.186. The van der Waals surface area contributed by atoms with Crippen molar-refractivity contribution in [3.63, 3.8) is 0 Å². The van der Waals surface area contributed by atoms with Gasteiger partial charge in [0.1, 0.15) is 0 Å². The molecule has 0 saturated heterocycles. The molecule has 0 spiro atoms. The number of nitrogens with zero attached hydrogens (tertiary/aromatic N) is 2. The molecule has 0 aliphatic rings. The summed E-state index contributed by atoms with van der Waals surface area (Å²) in [4.78, 5) is 25.2. The third-order valence-electron chi connectivity index (χ3n) is 5.25. The first-order valence-electron chi connectivity index (χ1n) is 9.67. The summed E-state index contributed by atoms with van der Waals surface area (Å²) in [6.45, 7) is 12.1. The van der Waals surface area contributed by atoms with Gasteiger partial charge in [-0.1, -0.05) is 32.9 Å². The van der Waals surface area contributed by atoms with E-state index in [4.69, 9.17) is 0 Å². The van der Waals surface area contributed by atoms with Crippen molar-refractivity contribution in [2.45, 2.75) is 47.0 Å². The van der Waals surface area contributed by atoms with E-state index in [1.165, 1.54) is 10.2 Å². The fraction of sp³-hybridized carbons (Fsp3) is 0.292. The number of nitrogens with one attached hydrogen (secondary N) is 1. The summed E-state index contributed by atoms with van der Waals surface area (Å²) in [7, 11) is 0. The van der Waals surface area contributed by atoms with Gasteiger partial charge in [0.15, 0.2) is 0 Å². The van der Waals surface area contributed by atoms with Gasteiger partial charge in [0.2, 0.25) is 0 Å². The number of aryl methyl sites for hydroxylation is 1. The lowest BCUT2D eigenvalue weighted by Gasteiger charge is -2.19. The van der Waals surface area contributed by atoms with Crippen molar-refractivity contribution in [1.82, 2.24) is 9.78 Å². The van der Waals surface area contributed by atoms with Gasteiger partial charge in [0.05, 0.1) is 5.69 Å². The number of carbonyl (C=O) groups is 2. The fourth-order valence-electron chi connectivity index (χ4n) is 3.06. The summed E-state index contributed by atoms with van der Waals surface area (Å²) in [6.07, 6.45) is 0. The zero-order valence-electron chi connectivity index (χ0n) is 17.8. The number of hydrogen-bond acceptors (Lipinski definition) is 3. The molecule has 0 aliphatic carbocycles. The van der Waals surface area contributed by atoms with Gasteiger partial charge in [-0.3, -0.25) is 9.59 Å². The number of anilines is 1. The summed E-state index contributed by atoms with van der Waals surface area (Å²) >= 11 is 0. The summed E-state index contributed by atoms with van der Waals surface area (Å²) < 4.78 is 1.43. The smallest absolute Gasteiger partial charge is 0.278 e. The standard InChI is InChI=1S/C24H27N3O2/c1-15-16(2)26-27(17(15)3)23(29)19-9-13-21(14-10-19)25-22(28)18-7-11-20(12-8-18)24(4,5)6/h7-14H,1-6H3,(H,25,28). The van der Waals surface area contributed by atoms with Crippen LogP contribution in [0.1, 0.15) is 64.0 Å². The Kier molecular flexibility index (Phi) is 5.42. The van der Waals surface area contributed by atoms with Gasteiger partial charge in [-0.2, -0.15) is 5.10 Å². The molecular formula is C24H27N3O2. The summed E-state index contributed by atoms with van der Waals surface area (Å²) in [6, 6.07) is 14.5. The molecule has 0 radical (unpaired) electrons. The van der Waals surface area contributed by atoms with Crippen LogP contribution < -0.4 is 5.32 Å². The molecule has 2 aromatic carbocycles. The maximum Gasteiger partial charge on any atom is 0.278 e. The Morgan fingerprint density at radius 2 is 1.41 bits per heavy atom. The SMILES string of the molecule is Cc1nn(C(=O)c2ccc(NC(=O)c3ccc(C(C)(C)C)cc3)cc2)c(C)c1C. The van der Waals surface area contributed by atoms with Crippen LogP contribution >= 0.6 is 0 Å². The molecule has 0 atom stereocenters. The summed E-state index contributed by atoms with van der Waals surface area (Å²) in [5.41, 5.74) is 5.66. The normalized spacial score (nSPS) is 11.4. The Bertz CT molecular complexity index is 1050. The molecule has 0 fully saturated rings. The molecule has 0 unspecified atom stereocenters. The van der Waals surface area contributed by atoms with E-state index in [-0.39, 0.29) is 17.2 Å². The predicted octanol–water partition coefficient (Wildman–Crippen LogP) is 5.05. The maximum atomic E-state index is 12.7. The Morgan fingerprint density at radius 1 is 0.862 bits per heavy atom. The average Bonchev–Trinajstić information content (AvgIpc) is 2.95. The van der Waals surface area contributed by atoms with Crippen LogP contribution in [-0.2, 0) is 5.41 Å². The molecule has 0 bridgehead atoms. The first-order valence-corrected chi connectivity index (χ1v) is 9.67. The molecule has 0 saturated carbocycles. The first kappa shape index (κ1) is 20.5. The third kappa shape index (κ3) is 4.29. The van der Waals surface area contributed by atoms with Crippen LogP contribution in [0.4, 0.5) is 5.69 Å². The van der Waals surface area contributed by atoms with E-state index in [1.807, 2.05) is 45.0 Å². The van der Waals surface area contributed by atoms with Crippen molar-refractivity contribution in [2.24, 2.45) is 0 Å². The molecule has 1 aromatic heterocycles. The summed E-state index contributed by atoms with van der Waals surface area (Å²) in [5, 5.41) is 7.19. The van der Waals surface area contributed by atoms with Crippen molar-refractivity contribution in [3.05, 3.63) is 82.2 Å². The van der Waals surface area contributed by atoms with Gasteiger partial charge in [-0.05, 0) is 73.7 Å². The Balaban J connectivity index is 1.72. The lowest BCUT2D eigenvalue weighted by Crippen LogP contribution is -2.16. The second kappa shape index (κ2) is 7.66. The predicted molar refractivity (Wildman–Crippen MR) is 116 cm³/mol. The Hall–Kier alpha value is -3.21. The zero-order valence-corrected chi connectivity index (χ0v) is 17.8. The average molecular weight is 389 g/mol. The van der Waals surface area contributed by atoms with Gasteiger partial charge >= 0.3 is 0 Å². The van der Waals surface area contributed by atoms with Crippen molar-refractivity contribution in [1.29, 1.82) is 0 Å². The number of hydrogen-bond donors (Lipinski definition) is 1. The van der Waals surface area contributed by atoms with Crippen molar-refractivity contribution in [3.8, 4) is 0 Å². The van der Waals surface area contributed by atoms with Gasteiger partial charge in [0.25, 0.3) is 11.8 Å². The maximum absolute atomic E-state index is 12.7. The van der Waals surface area contributed by atoms with Crippen LogP contribution in [0.2, 0.25) is 0 Å². The second-order valence-corrected chi connectivity index (χ2v) is 8.37. The third-order valence-corrected chi connectivity index (χ3v) is 5.25. The van der Waals surface area contributed by atoms with Crippen LogP contribution in [0.15, 0.2) is 48.5 Å². The molecule has 1 amide bonds. The molecule has 5 heteroatoms. The van der Waals surface area contributed by atoms with E-state index in [0.29, 0.717) is 16.8 Å². The monoisotopic (exact) mass is 389 g/mol. The first-order chi connectivity index (χ1) is 13.6. The van der Waals surface area contributed by atoms with Crippen LogP contribution in [0.3, 0.4) is 0 Å². The molecular weight excluding hydrogens is 362 g/mol. The largest absolute Gasteiger partial charge is 0.322 e. The molecule has 5 nitrogen and oxygen atoms in total. The molecule has 1 N–H and O–H groups in total. The zero-order chi connectivity index (χ0) is 21.3. The number of aromatic nitrogens is 2. The van der Waals surface area contributed by atoms with E-state index in [1.54, 1.807) is 24.3 Å². The van der Waals surface area contributed by atoms with Crippen LogP contribution in [0, 0.1) is 20.8 Å². The van der Waals surface area contributed by atoms with Gasteiger partial charge in [0, 0.05) is 22.5 Å².